The third kappa shape index (κ3) is 3.04. The molecule has 0 bridgehead atoms. The highest BCUT2D eigenvalue weighted by molar-refractivity contribution is 5.71. The molecule has 0 radical (unpaired) electrons. The number of rotatable bonds is 4. The van der Waals surface area contributed by atoms with E-state index in [4.69, 9.17) is 4.74 Å². The summed E-state index contributed by atoms with van der Waals surface area (Å²) in [5, 5.41) is 9.18. The van der Waals surface area contributed by atoms with Gasteiger partial charge in [0.05, 0.1) is 12.0 Å². The van der Waals surface area contributed by atoms with Crippen LogP contribution >= 0.6 is 0 Å². The first kappa shape index (κ1) is 13.8. The minimum atomic E-state index is -0.637. The summed E-state index contributed by atoms with van der Waals surface area (Å²) in [5.74, 6) is -0.547. The maximum atomic E-state index is 11.2. The van der Waals surface area contributed by atoms with E-state index in [0.29, 0.717) is 12.1 Å². The first-order valence-corrected chi connectivity index (χ1v) is 7.20. The normalized spacial score (nSPS) is 37.9. The molecule has 2 rings (SSSR count). The highest BCUT2D eigenvalue weighted by atomic mass is 16.5. The van der Waals surface area contributed by atoms with Gasteiger partial charge in [0.15, 0.2) is 0 Å². The van der Waals surface area contributed by atoms with Crippen molar-refractivity contribution >= 4 is 5.97 Å². The fourth-order valence-corrected chi connectivity index (χ4v) is 3.34. The summed E-state index contributed by atoms with van der Waals surface area (Å²) < 4.78 is 5.77. The van der Waals surface area contributed by atoms with E-state index < -0.39 is 5.97 Å². The summed E-state index contributed by atoms with van der Waals surface area (Å²) in [6.45, 7) is 6.73. The maximum Gasteiger partial charge on any atom is 0.308 e. The molecule has 0 aliphatic carbocycles. The number of carbonyl (C=O) groups is 1. The summed E-state index contributed by atoms with van der Waals surface area (Å²) >= 11 is 0. The quantitative estimate of drug-likeness (QED) is 0.834. The van der Waals surface area contributed by atoms with Gasteiger partial charge in [0.1, 0.15) is 0 Å². The highest BCUT2D eigenvalue weighted by Gasteiger charge is 2.39. The van der Waals surface area contributed by atoms with Crippen LogP contribution in [0.5, 0.6) is 0 Å². The van der Waals surface area contributed by atoms with Crippen molar-refractivity contribution in [3.05, 3.63) is 0 Å². The predicted octanol–water partition coefficient (Wildman–Crippen LogP) is 1.99. The number of aliphatic carboxylic acids is 1. The van der Waals surface area contributed by atoms with E-state index in [1.54, 1.807) is 0 Å². The summed E-state index contributed by atoms with van der Waals surface area (Å²) in [7, 11) is 0. The Hall–Kier alpha value is -0.610. The van der Waals surface area contributed by atoms with E-state index in [2.05, 4.69) is 18.7 Å². The van der Waals surface area contributed by atoms with Crippen molar-refractivity contribution in [1.29, 1.82) is 0 Å². The number of nitrogens with zero attached hydrogens (tertiary/aromatic N) is 1. The lowest BCUT2D eigenvalue weighted by atomic mass is 9.99. The minimum Gasteiger partial charge on any atom is -0.481 e. The fraction of sp³-hybridized carbons (Fsp3) is 0.929. The first-order valence-electron chi connectivity index (χ1n) is 7.20. The van der Waals surface area contributed by atoms with E-state index in [1.807, 2.05) is 0 Å². The molecule has 4 heteroatoms. The number of ether oxygens (including phenoxy) is 1. The Balaban J connectivity index is 1.90. The Morgan fingerprint density at radius 3 is 2.83 bits per heavy atom. The second kappa shape index (κ2) is 6.02. The van der Waals surface area contributed by atoms with Gasteiger partial charge in [-0.05, 0) is 25.2 Å². The van der Waals surface area contributed by atoms with E-state index in [-0.39, 0.29) is 11.8 Å². The molecule has 0 spiro atoms. The molecule has 4 unspecified atom stereocenters. The van der Waals surface area contributed by atoms with Gasteiger partial charge in [-0.3, -0.25) is 9.69 Å². The summed E-state index contributed by atoms with van der Waals surface area (Å²) in [5.41, 5.74) is 0. The van der Waals surface area contributed by atoms with Crippen molar-refractivity contribution in [3.8, 4) is 0 Å². The van der Waals surface area contributed by atoms with Gasteiger partial charge < -0.3 is 9.84 Å². The van der Waals surface area contributed by atoms with Crippen LogP contribution < -0.4 is 0 Å². The van der Waals surface area contributed by atoms with Crippen molar-refractivity contribution in [2.24, 2.45) is 11.8 Å². The molecule has 18 heavy (non-hydrogen) atoms. The molecule has 1 N–H and O–H groups in total. The number of hydrogen-bond donors (Lipinski definition) is 1. The monoisotopic (exact) mass is 255 g/mol. The van der Waals surface area contributed by atoms with Crippen molar-refractivity contribution in [2.75, 3.05) is 19.7 Å². The zero-order valence-corrected chi connectivity index (χ0v) is 11.5. The molecule has 2 saturated heterocycles. The summed E-state index contributed by atoms with van der Waals surface area (Å²) in [6.07, 6.45) is 4.80. The van der Waals surface area contributed by atoms with Gasteiger partial charge in [-0.25, -0.2) is 0 Å². The molecule has 2 aliphatic heterocycles. The Morgan fingerprint density at radius 2 is 2.22 bits per heavy atom. The van der Waals surface area contributed by atoms with Crippen molar-refractivity contribution in [2.45, 2.75) is 51.7 Å². The zero-order chi connectivity index (χ0) is 13.1. The summed E-state index contributed by atoms with van der Waals surface area (Å²) in [6, 6.07) is 0.530. The van der Waals surface area contributed by atoms with E-state index in [9.17, 15) is 9.90 Å². The Kier molecular flexibility index (Phi) is 4.62. The molecule has 0 aromatic rings. The van der Waals surface area contributed by atoms with Crippen LogP contribution in [0.1, 0.15) is 39.5 Å². The van der Waals surface area contributed by atoms with Gasteiger partial charge in [0.25, 0.3) is 0 Å². The van der Waals surface area contributed by atoms with Gasteiger partial charge in [-0.1, -0.05) is 20.3 Å². The fourth-order valence-electron chi connectivity index (χ4n) is 3.34. The minimum absolute atomic E-state index is 0.183. The molecule has 2 aliphatic rings. The first-order chi connectivity index (χ1) is 8.61. The van der Waals surface area contributed by atoms with Crippen LogP contribution in [0.3, 0.4) is 0 Å². The van der Waals surface area contributed by atoms with Crippen LogP contribution in [0.15, 0.2) is 0 Å². The summed E-state index contributed by atoms with van der Waals surface area (Å²) in [4.78, 5) is 13.5. The Bertz CT molecular complexity index is 293. The molecule has 0 aromatic carbocycles. The molecular weight excluding hydrogens is 230 g/mol. The molecule has 4 nitrogen and oxygen atoms in total. The Labute approximate surface area is 109 Å². The van der Waals surface area contributed by atoms with Crippen molar-refractivity contribution in [3.63, 3.8) is 0 Å². The zero-order valence-electron chi connectivity index (χ0n) is 11.5. The molecule has 2 heterocycles. The van der Waals surface area contributed by atoms with Gasteiger partial charge in [0.2, 0.25) is 0 Å². The largest absolute Gasteiger partial charge is 0.481 e. The number of likely N-dealkylation sites (tertiary alicyclic amines) is 1. The van der Waals surface area contributed by atoms with E-state index >= 15 is 0 Å². The molecule has 2 fully saturated rings. The number of hydrogen-bond acceptors (Lipinski definition) is 3. The van der Waals surface area contributed by atoms with Crippen LogP contribution in [-0.2, 0) is 9.53 Å². The van der Waals surface area contributed by atoms with Crippen LogP contribution in [0.25, 0.3) is 0 Å². The lowest BCUT2D eigenvalue weighted by Crippen LogP contribution is -2.41. The maximum absolute atomic E-state index is 11.2. The van der Waals surface area contributed by atoms with Crippen LogP contribution in [0.4, 0.5) is 0 Å². The average Bonchev–Trinajstić information content (AvgIpc) is 2.72. The van der Waals surface area contributed by atoms with Crippen molar-refractivity contribution < 1.29 is 14.6 Å². The second-order valence-corrected chi connectivity index (χ2v) is 5.84. The standard InChI is InChI=1S/C14H25NO3/c1-3-4-12-7-11(5-6-18-12)15-8-10(2)13(9-15)14(16)17/h10-13H,3-9H2,1-2H3,(H,16,17). The SMILES string of the molecule is CCCC1CC(N2CC(C)C(C(=O)O)C2)CCO1. The number of carboxylic acids is 1. The average molecular weight is 255 g/mol. The lowest BCUT2D eigenvalue weighted by molar-refractivity contribution is -0.142. The molecule has 104 valence electrons. The highest BCUT2D eigenvalue weighted by Crippen LogP contribution is 2.30. The predicted molar refractivity (Wildman–Crippen MR) is 69.5 cm³/mol. The van der Waals surface area contributed by atoms with Crippen molar-refractivity contribution in [1.82, 2.24) is 4.90 Å². The molecule has 0 amide bonds. The van der Waals surface area contributed by atoms with Crippen LogP contribution in [0, 0.1) is 11.8 Å². The van der Waals surface area contributed by atoms with E-state index in [1.165, 1.54) is 0 Å². The van der Waals surface area contributed by atoms with Crippen LogP contribution in [-0.4, -0.2) is 47.8 Å². The second-order valence-electron chi connectivity index (χ2n) is 5.84. The third-order valence-electron chi connectivity index (χ3n) is 4.42. The molecule has 0 aromatic heterocycles. The smallest absolute Gasteiger partial charge is 0.308 e. The topological polar surface area (TPSA) is 49.8 Å². The third-order valence-corrected chi connectivity index (χ3v) is 4.42. The molecule has 0 saturated carbocycles. The molecule has 4 atom stereocenters. The lowest BCUT2D eigenvalue weighted by Gasteiger charge is -2.35. The van der Waals surface area contributed by atoms with Gasteiger partial charge in [-0.15, -0.1) is 0 Å². The Morgan fingerprint density at radius 1 is 1.44 bits per heavy atom. The van der Waals surface area contributed by atoms with Gasteiger partial charge >= 0.3 is 5.97 Å². The number of carboxylic acid groups (broad SMARTS) is 1. The van der Waals surface area contributed by atoms with Gasteiger partial charge in [0, 0.05) is 25.7 Å². The van der Waals surface area contributed by atoms with Gasteiger partial charge in [-0.2, -0.15) is 0 Å². The van der Waals surface area contributed by atoms with E-state index in [0.717, 1.165) is 45.4 Å². The van der Waals surface area contributed by atoms with Crippen LogP contribution in [0.2, 0.25) is 0 Å². The molecular formula is C14H25NO3.